The maximum absolute atomic E-state index is 13.2. The Bertz CT molecular complexity index is 979. The van der Waals surface area contributed by atoms with E-state index in [4.69, 9.17) is 9.47 Å². The fourth-order valence-electron chi connectivity index (χ4n) is 5.14. The van der Waals surface area contributed by atoms with Crippen LogP contribution in [0.4, 0.5) is 9.59 Å². The standard InChI is InChI=1S/C27H32N2O5/c30-25(33-18-20-7-3-1-4-8-20)28-15-16-29(26(31)34-19-21-9-5-2-6-10-21)24(17-28)27(32,22-11-12-22)23-13-14-23/h1-10,22-24,32H,11-19H2. The zero-order valence-electron chi connectivity index (χ0n) is 19.3. The summed E-state index contributed by atoms with van der Waals surface area (Å²) in [6.07, 6.45) is 2.96. The lowest BCUT2D eigenvalue weighted by Gasteiger charge is -2.48. The van der Waals surface area contributed by atoms with Gasteiger partial charge in [-0.1, -0.05) is 60.7 Å². The van der Waals surface area contributed by atoms with E-state index < -0.39 is 23.8 Å². The highest BCUT2D eigenvalue weighted by Crippen LogP contribution is 2.55. The van der Waals surface area contributed by atoms with Crippen molar-refractivity contribution < 1.29 is 24.2 Å². The number of ether oxygens (including phenoxy) is 2. The second-order valence-electron chi connectivity index (χ2n) is 9.67. The van der Waals surface area contributed by atoms with E-state index in [1.165, 1.54) is 0 Å². The Morgan fingerprint density at radius 3 is 1.79 bits per heavy atom. The van der Waals surface area contributed by atoms with Crippen molar-refractivity contribution in [2.24, 2.45) is 11.8 Å². The van der Waals surface area contributed by atoms with E-state index in [1.54, 1.807) is 9.80 Å². The van der Waals surface area contributed by atoms with Crippen LogP contribution in [0.1, 0.15) is 36.8 Å². The number of hydrogen-bond acceptors (Lipinski definition) is 5. The van der Waals surface area contributed by atoms with Gasteiger partial charge in [0.25, 0.3) is 0 Å². The van der Waals surface area contributed by atoms with Gasteiger partial charge in [0.05, 0.1) is 11.6 Å². The number of aliphatic hydroxyl groups is 1. The summed E-state index contributed by atoms with van der Waals surface area (Å²) < 4.78 is 11.2. The molecule has 1 unspecified atom stereocenters. The van der Waals surface area contributed by atoms with Gasteiger partial charge in [-0.3, -0.25) is 4.90 Å². The summed E-state index contributed by atoms with van der Waals surface area (Å²) in [4.78, 5) is 29.3. The maximum Gasteiger partial charge on any atom is 0.410 e. The number of nitrogens with zero attached hydrogens (tertiary/aromatic N) is 2. The van der Waals surface area contributed by atoms with Crippen molar-refractivity contribution in [3.8, 4) is 0 Å². The SMILES string of the molecule is O=C(OCc1ccccc1)N1CCN(C(=O)OCc2ccccc2)C(C(O)(C2CC2)C2CC2)C1. The molecule has 1 N–H and O–H groups in total. The molecular formula is C27H32N2O5. The van der Waals surface area contributed by atoms with Gasteiger partial charge >= 0.3 is 12.2 Å². The summed E-state index contributed by atoms with van der Waals surface area (Å²) in [5, 5.41) is 11.9. The summed E-state index contributed by atoms with van der Waals surface area (Å²) in [5.74, 6) is 0.324. The number of carbonyl (C=O) groups excluding carboxylic acids is 2. The second-order valence-corrected chi connectivity index (χ2v) is 9.67. The van der Waals surface area contributed by atoms with E-state index in [-0.39, 0.29) is 31.6 Å². The average molecular weight is 465 g/mol. The van der Waals surface area contributed by atoms with E-state index in [0.717, 1.165) is 36.8 Å². The van der Waals surface area contributed by atoms with Crippen LogP contribution in [-0.4, -0.2) is 58.4 Å². The van der Waals surface area contributed by atoms with Crippen molar-refractivity contribution in [1.29, 1.82) is 0 Å². The lowest BCUT2D eigenvalue weighted by molar-refractivity contribution is -0.0988. The molecule has 34 heavy (non-hydrogen) atoms. The van der Waals surface area contributed by atoms with Gasteiger partial charge in [-0.25, -0.2) is 9.59 Å². The first-order valence-corrected chi connectivity index (χ1v) is 12.2. The van der Waals surface area contributed by atoms with Crippen LogP contribution >= 0.6 is 0 Å². The number of carbonyl (C=O) groups is 2. The second kappa shape index (κ2) is 9.66. The Hall–Kier alpha value is -3.06. The van der Waals surface area contributed by atoms with E-state index in [0.29, 0.717) is 13.1 Å². The number of amides is 2. The molecule has 2 amide bonds. The van der Waals surface area contributed by atoms with Gasteiger partial charge in [0, 0.05) is 19.6 Å². The monoisotopic (exact) mass is 464 g/mol. The molecule has 0 radical (unpaired) electrons. The highest BCUT2D eigenvalue weighted by atomic mass is 16.6. The highest BCUT2D eigenvalue weighted by Gasteiger charge is 2.60. The first-order valence-electron chi connectivity index (χ1n) is 12.2. The molecule has 2 aliphatic carbocycles. The molecule has 7 heteroatoms. The number of rotatable bonds is 7. The van der Waals surface area contributed by atoms with Gasteiger partial charge in [-0.2, -0.15) is 0 Å². The molecule has 5 rings (SSSR count). The van der Waals surface area contributed by atoms with Crippen molar-refractivity contribution >= 4 is 12.2 Å². The largest absolute Gasteiger partial charge is 0.445 e. The number of benzene rings is 2. The molecule has 7 nitrogen and oxygen atoms in total. The third-order valence-corrected chi connectivity index (χ3v) is 7.28. The average Bonchev–Trinajstić information content (AvgIpc) is 3.79. The molecule has 1 heterocycles. The molecule has 0 bridgehead atoms. The van der Waals surface area contributed by atoms with E-state index in [1.807, 2.05) is 60.7 Å². The summed E-state index contributed by atoms with van der Waals surface area (Å²) in [5.41, 5.74) is 0.836. The smallest absolute Gasteiger partial charge is 0.410 e. The van der Waals surface area contributed by atoms with Crippen molar-refractivity contribution in [1.82, 2.24) is 9.80 Å². The van der Waals surface area contributed by atoms with Crippen molar-refractivity contribution in [3.63, 3.8) is 0 Å². The van der Waals surface area contributed by atoms with Gasteiger partial charge in [-0.15, -0.1) is 0 Å². The molecule has 1 aliphatic heterocycles. The topological polar surface area (TPSA) is 79.3 Å². The van der Waals surface area contributed by atoms with Crippen LogP contribution in [0.25, 0.3) is 0 Å². The van der Waals surface area contributed by atoms with Crippen LogP contribution < -0.4 is 0 Å². The Kier molecular flexibility index (Phi) is 6.46. The van der Waals surface area contributed by atoms with Crippen molar-refractivity contribution in [2.75, 3.05) is 19.6 Å². The molecule has 1 saturated heterocycles. The van der Waals surface area contributed by atoms with Gasteiger partial charge in [0.2, 0.25) is 0 Å². The first kappa shape index (κ1) is 22.7. The zero-order chi connectivity index (χ0) is 23.5. The maximum atomic E-state index is 13.2. The third-order valence-electron chi connectivity index (χ3n) is 7.28. The minimum absolute atomic E-state index is 0.162. The predicted molar refractivity (Wildman–Crippen MR) is 126 cm³/mol. The van der Waals surface area contributed by atoms with Crippen molar-refractivity contribution in [2.45, 2.75) is 50.5 Å². The molecule has 0 aromatic heterocycles. The van der Waals surface area contributed by atoms with E-state index in [2.05, 4.69) is 0 Å². The molecule has 3 aliphatic rings. The summed E-state index contributed by atoms with van der Waals surface area (Å²) >= 11 is 0. The number of hydrogen-bond donors (Lipinski definition) is 1. The fourth-order valence-corrected chi connectivity index (χ4v) is 5.14. The van der Waals surface area contributed by atoms with Crippen LogP contribution in [0.15, 0.2) is 60.7 Å². The molecule has 3 fully saturated rings. The van der Waals surface area contributed by atoms with E-state index in [9.17, 15) is 14.7 Å². The predicted octanol–water partition coefficient (Wildman–Crippen LogP) is 4.20. The van der Waals surface area contributed by atoms with Crippen LogP contribution in [0.3, 0.4) is 0 Å². The molecule has 1 atom stereocenters. The van der Waals surface area contributed by atoms with Crippen LogP contribution in [0.2, 0.25) is 0 Å². The van der Waals surface area contributed by atoms with Crippen molar-refractivity contribution in [3.05, 3.63) is 71.8 Å². The minimum atomic E-state index is -0.996. The van der Waals surface area contributed by atoms with Gasteiger partial charge < -0.3 is 19.5 Å². The number of piperazine rings is 1. The van der Waals surface area contributed by atoms with Crippen LogP contribution in [0.5, 0.6) is 0 Å². The third kappa shape index (κ3) is 4.89. The summed E-state index contributed by atoms with van der Waals surface area (Å²) in [6.45, 7) is 1.27. The highest BCUT2D eigenvalue weighted by molar-refractivity contribution is 5.71. The lowest BCUT2D eigenvalue weighted by Crippen LogP contribution is -2.66. The summed E-state index contributed by atoms with van der Waals surface area (Å²) in [7, 11) is 0. The van der Waals surface area contributed by atoms with Crippen LogP contribution in [-0.2, 0) is 22.7 Å². The molecule has 2 aromatic rings. The molecule has 2 saturated carbocycles. The zero-order valence-corrected chi connectivity index (χ0v) is 19.3. The van der Waals surface area contributed by atoms with E-state index >= 15 is 0 Å². The summed E-state index contributed by atoms with van der Waals surface area (Å²) in [6, 6.07) is 18.6. The Balaban J connectivity index is 1.29. The van der Waals surface area contributed by atoms with Gasteiger partial charge in [0.1, 0.15) is 13.2 Å². The Morgan fingerprint density at radius 2 is 1.29 bits per heavy atom. The molecular weight excluding hydrogens is 432 g/mol. The molecule has 2 aromatic carbocycles. The lowest BCUT2D eigenvalue weighted by atomic mass is 9.81. The fraction of sp³-hybridized carbons (Fsp3) is 0.481. The van der Waals surface area contributed by atoms with Gasteiger partial charge in [-0.05, 0) is 48.6 Å². The van der Waals surface area contributed by atoms with Crippen LogP contribution in [0, 0.1) is 11.8 Å². The van der Waals surface area contributed by atoms with Gasteiger partial charge in [0.15, 0.2) is 0 Å². The Labute approximate surface area is 200 Å². The molecule has 180 valence electrons. The minimum Gasteiger partial charge on any atom is -0.445 e. The normalized spacial score (nSPS) is 20.7. The Morgan fingerprint density at radius 1 is 0.794 bits per heavy atom. The first-order chi connectivity index (χ1) is 16.6. The molecule has 0 spiro atoms. The quantitative estimate of drug-likeness (QED) is 0.665.